The summed E-state index contributed by atoms with van der Waals surface area (Å²) in [4.78, 5) is 23.7. The monoisotopic (exact) mass is 317 g/mol. The van der Waals surface area contributed by atoms with Crippen molar-refractivity contribution in [3.63, 3.8) is 0 Å². The minimum absolute atomic E-state index is 0.191. The second kappa shape index (κ2) is 7.56. The van der Waals surface area contributed by atoms with Crippen molar-refractivity contribution in [3.05, 3.63) is 58.0 Å². The molecular formula is C15H15N3O3S. The van der Waals surface area contributed by atoms with Gasteiger partial charge in [0.25, 0.3) is 5.56 Å². The SMILES string of the molecule is CSc1nnc(C)c(=O)n1COC(=O)/C=C/c1ccccc1. The van der Waals surface area contributed by atoms with Gasteiger partial charge in [-0.3, -0.25) is 4.79 Å². The van der Waals surface area contributed by atoms with E-state index < -0.39 is 5.97 Å². The molecule has 0 aliphatic rings. The summed E-state index contributed by atoms with van der Waals surface area (Å²) < 4.78 is 6.36. The van der Waals surface area contributed by atoms with Crippen LogP contribution in [0, 0.1) is 6.92 Å². The summed E-state index contributed by atoms with van der Waals surface area (Å²) in [6, 6.07) is 9.39. The zero-order valence-corrected chi connectivity index (χ0v) is 13.0. The molecule has 1 aromatic heterocycles. The van der Waals surface area contributed by atoms with Crippen molar-refractivity contribution in [1.82, 2.24) is 14.8 Å². The quantitative estimate of drug-likeness (QED) is 0.476. The molecule has 0 saturated heterocycles. The van der Waals surface area contributed by atoms with E-state index in [0.717, 1.165) is 5.56 Å². The number of esters is 1. The number of hydrogen-bond acceptors (Lipinski definition) is 6. The number of ether oxygens (including phenoxy) is 1. The zero-order valence-electron chi connectivity index (χ0n) is 12.2. The Hall–Kier alpha value is -2.41. The maximum absolute atomic E-state index is 12.0. The molecule has 0 N–H and O–H groups in total. The van der Waals surface area contributed by atoms with Gasteiger partial charge in [-0.05, 0) is 24.8 Å². The third-order valence-electron chi connectivity index (χ3n) is 2.80. The van der Waals surface area contributed by atoms with Crippen LogP contribution in [0.4, 0.5) is 0 Å². The number of aryl methyl sites for hydroxylation is 1. The molecule has 22 heavy (non-hydrogen) atoms. The van der Waals surface area contributed by atoms with Gasteiger partial charge >= 0.3 is 5.97 Å². The van der Waals surface area contributed by atoms with E-state index in [1.165, 1.54) is 22.4 Å². The van der Waals surface area contributed by atoms with Crippen LogP contribution in [-0.4, -0.2) is 27.0 Å². The highest BCUT2D eigenvalue weighted by Gasteiger charge is 2.09. The van der Waals surface area contributed by atoms with Crippen molar-refractivity contribution in [1.29, 1.82) is 0 Å². The van der Waals surface area contributed by atoms with Gasteiger partial charge in [-0.15, -0.1) is 10.2 Å². The summed E-state index contributed by atoms with van der Waals surface area (Å²) in [7, 11) is 0. The van der Waals surface area contributed by atoms with Crippen molar-refractivity contribution < 1.29 is 9.53 Å². The molecule has 0 bridgehead atoms. The van der Waals surface area contributed by atoms with Gasteiger partial charge in [0.15, 0.2) is 11.9 Å². The lowest BCUT2D eigenvalue weighted by Gasteiger charge is -2.09. The number of carbonyl (C=O) groups is 1. The van der Waals surface area contributed by atoms with E-state index in [9.17, 15) is 9.59 Å². The Bertz CT molecular complexity index is 741. The van der Waals surface area contributed by atoms with Crippen LogP contribution in [-0.2, 0) is 16.3 Å². The van der Waals surface area contributed by atoms with Crippen molar-refractivity contribution >= 4 is 23.8 Å². The molecule has 6 nitrogen and oxygen atoms in total. The largest absolute Gasteiger partial charge is 0.441 e. The zero-order chi connectivity index (χ0) is 15.9. The van der Waals surface area contributed by atoms with Crippen LogP contribution in [0.5, 0.6) is 0 Å². The summed E-state index contributed by atoms with van der Waals surface area (Å²) in [5.41, 5.74) is 0.829. The van der Waals surface area contributed by atoms with Gasteiger partial charge in [-0.2, -0.15) is 0 Å². The van der Waals surface area contributed by atoms with Gasteiger partial charge in [0, 0.05) is 6.08 Å². The van der Waals surface area contributed by atoms with E-state index >= 15 is 0 Å². The number of carbonyl (C=O) groups excluding carboxylic acids is 1. The van der Waals surface area contributed by atoms with Gasteiger partial charge in [0.1, 0.15) is 5.69 Å². The standard InChI is InChI=1S/C15H15N3O3S/c1-11-14(20)18(15(22-2)17-16-11)10-21-13(19)9-8-12-6-4-3-5-7-12/h3-9H,10H2,1-2H3/b9-8+. The molecule has 0 aliphatic carbocycles. The molecule has 7 heteroatoms. The smallest absolute Gasteiger partial charge is 0.332 e. The molecule has 0 atom stereocenters. The predicted molar refractivity (Wildman–Crippen MR) is 84.4 cm³/mol. The van der Waals surface area contributed by atoms with Crippen molar-refractivity contribution in [2.24, 2.45) is 0 Å². The molecule has 0 amide bonds. The molecule has 2 aromatic rings. The van der Waals surface area contributed by atoms with Crippen LogP contribution < -0.4 is 5.56 Å². The third-order valence-corrected chi connectivity index (χ3v) is 3.47. The van der Waals surface area contributed by atoms with E-state index in [4.69, 9.17) is 4.74 Å². The number of hydrogen-bond donors (Lipinski definition) is 0. The number of rotatable bonds is 5. The Balaban J connectivity index is 2.04. The summed E-state index contributed by atoms with van der Waals surface area (Å²) in [5.74, 6) is -0.530. The fourth-order valence-electron chi connectivity index (χ4n) is 1.67. The first-order valence-electron chi connectivity index (χ1n) is 6.50. The average Bonchev–Trinajstić information content (AvgIpc) is 2.55. The second-order valence-corrected chi connectivity index (χ2v) is 5.12. The van der Waals surface area contributed by atoms with Crippen LogP contribution in [0.15, 0.2) is 46.4 Å². The third kappa shape index (κ3) is 4.05. The number of aromatic nitrogens is 3. The molecule has 0 aliphatic heterocycles. The van der Waals surface area contributed by atoms with Crippen molar-refractivity contribution in [2.45, 2.75) is 18.8 Å². The molecule has 0 radical (unpaired) electrons. The van der Waals surface area contributed by atoms with E-state index in [-0.39, 0.29) is 18.0 Å². The fourth-order valence-corrected chi connectivity index (χ4v) is 2.14. The first-order chi connectivity index (χ1) is 10.6. The normalized spacial score (nSPS) is 10.8. The van der Waals surface area contributed by atoms with Gasteiger partial charge in [0.2, 0.25) is 0 Å². The number of nitrogens with zero attached hydrogens (tertiary/aromatic N) is 3. The molecular weight excluding hydrogens is 302 g/mol. The summed E-state index contributed by atoms with van der Waals surface area (Å²) in [6.07, 6.45) is 4.74. The van der Waals surface area contributed by atoms with E-state index in [1.807, 2.05) is 30.3 Å². The molecule has 0 spiro atoms. The highest BCUT2D eigenvalue weighted by Crippen LogP contribution is 2.08. The highest BCUT2D eigenvalue weighted by molar-refractivity contribution is 7.98. The maximum atomic E-state index is 12.0. The van der Waals surface area contributed by atoms with Gasteiger partial charge in [-0.1, -0.05) is 42.1 Å². The summed E-state index contributed by atoms with van der Waals surface area (Å²) in [6.45, 7) is 1.37. The molecule has 2 rings (SSSR count). The first kappa shape index (κ1) is 16.0. The summed E-state index contributed by atoms with van der Waals surface area (Å²) in [5, 5.41) is 8.05. The topological polar surface area (TPSA) is 74.1 Å². The summed E-state index contributed by atoms with van der Waals surface area (Å²) >= 11 is 1.26. The first-order valence-corrected chi connectivity index (χ1v) is 7.72. The fraction of sp³-hybridized carbons (Fsp3) is 0.200. The molecule has 114 valence electrons. The van der Waals surface area contributed by atoms with Crippen LogP contribution in [0.25, 0.3) is 6.08 Å². The Morgan fingerprint density at radius 2 is 2.05 bits per heavy atom. The van der Waals surface area contributed by atoms with Gasteiger partial charge in [0.05, 0.1) is 0 Å². The van der Waals surface area contributed by atoms with Crippen LogP contribution in [0.2, 0.25) is 0 Å². The Labute approximate surface area is 131 Å². The average molecular weight is 317 g/mol. The lowest BCUT2D eigenvalue weighted by Crippen LogP contribution is -2.28. The number of benzene rings is 1. The lowest BCUT2D eigenvalue weighted by atomic mass is 10.2. The van der Waals surface area contributed by atoms with Gasteiger partial charge in [-0.25, -0.2) is 9.36 Å². The second-order valence-electron chi connectivity index (χ2n) is 4.34. The molecule has 0 unspecified atom stereocenters. The maximum Gasteiger partial charge on any atom is 0.332 e. The van der Waals surface area contributed by atoms with Crippen molar-refractivity contribution in [2.75, 3.05) is 6.26 Å². The molecule has 0 saturated carbocycles. The Morgan fingerprint density at radius 1 is 1.32 bits per heavy atom. The predicted octanol–water partition coefficient (Wildman–Crippen LogP) is 1.88. The highest BCUT2D eigenvalue weighted by atomic mass is 32.2. The molecule has 0 fully saturated rings. The van der Waals surface area contributed by atoms with Crippen LogP contribution in [0.1, 0.15) is 11.3 Å². The van der Waals surface area contributed by atoms with Crippen LogP contribution in [0.3, 0.4) is 0 Å². The van der Waals surface area contributed by atoms with Crippen LogP contribution >= 0.6 is 11.8 Å². The van der Waals surface area contributed by atoms with E-state index in [2.05, 4.69) is 10.2 Å². The minimum Gasteiger partial charge on any atom is -0.441 e. The van der Waals surface area contributed by atoms with E-state index in [1.54, 1.807) is 19.3 Å². The molecule has 1 aromatic carbocycles. The Kier molecular flexibility index (Phi) is 5.48. The Morgan fingerprint density at radius 3 is 2.73 bits per heavy atom. The molecule has 1 heterocycles. The van der Waals surface area contributed by atoms with Crippen molar-refractivity contribution in [3.8, 4) is 0 Å². The van der Waals surface area contributed by atoms with E-state index in [0.29, 0.717) is 5.16 Å². The lowest BCUT2D eigenvalue weighted by molar-refractivity contribution is -0.141. The minimum atomic E-state index is -0.530. The van der Waals surface area contributed by atoms with Gasteiger partial charge < -0.3 is 4.74 Å². The number of thioether (sulfide) groups is 1.